The van der Waals surface area contributed by atoms with E-state index in [1.54, 1.807) is 0 Å². The molecule has 0 spiro atoms. The molecule has 4 unspecified atom stereocenters. The zero-order valence-electron chi connectivity index (χ0n) is 12.4. The van der Waals surface area contributed by atoms with Gasteiger partial charge in [-0.05, 0) is 50.9 Å². The smallest absolute Gasteiger partial charge is 0.315 e. The second kappa shape index (κ2) is 5.48. The standard InChI is InChI=1S/C15H24N2O4/c1-15(4-6-21-7-5-15)17-14(20)16-12-10-3-2-9(8-10)11(12)13(18)19/h9-12H,2-8H2,1H3,(H,18,19)(H2,16,17,20). The molecule has 0 aromatic rings. The molecule has 1 saturated heterocycles. The highest BCUT2D eigenvalue weighted by atomic mass is 16.5. The van der Waals surface area contributed by atoms with Gasteiger partial charge in [0.05, 0.1) is 5.92 Å². The molecule has 1 heterocycles. The average molecular weight is 296 g/mol. The number of carboxylic acid groups (broad SMARTS) is 1. The van der Waals surface area contributed by atoms with Gasteiger partial charge in [0.1, 0.15) is 0 Å². The maximum atomic E-state index is 12.3. The van der Waals surface area contributed by atoms with Crippen molar-refractivity contribution in [3.63, 3.8) is 0 Å². The number of fused-ring (bicyclic) bond motifs is 2. The van der Waals surface area contributed by atoms with Crippen molar-refractivity contribution in [3.8, 4) is 0 Å². The van der Waals surface area contributed by atoms with Gasteiger partial charge in [0.15, 0.2) is 0 Å². The molecule has 2 saturated carbocycles. The highest BCUT2D eigenvalue weighted by Crippen LogP contribution is 2.48. The number of hydrogen-bond acceptors (Lipinski definition) is 3. The summed E-state index contributed by atoms with van der Waals surface area (Å²) in [5.41, 5.74) is -0.251. The number of amides is 2. The molecule has 6 nitrogen and oxygen atoms in total. The Morgan fingerprint density at radius 1 is 1.19 bits per heavy atom. The first-order valence-corrected chi connectivity index (χ1v) is 7.88. The van der Waals surface area contributed by atoms with E-state index in [0.29, 0.717) is 19.1 Å². The summed E-state index contributed by atoms with van der Waals surface area (Å²) < 4.78 is 5.32. The van der Waals surface area contributed by atoms with Crippen LogP contribution < -0.4 is 10.6 Å². The van der Waals surface area contributed by atoms with E-state index in [2.05, 4.69) is 10.6 Å². The van der Waals surface area contributed by atoms with Crippen LogP contribution in [0.2, 0.25) is 0 Å². The van der Waals surface area contributed by atoms with Gasteiger partial charge < -0.3 is 20.5 Å². The van der Waals surface area contributed by atoms with E-state index in [4.69, 9.17) is 4.74 Å². The zero-order chi connectivity index (χ0) is 15.0. The summed E-state index contributed by atoms with van der Waals surface area (Å²) in [6.45, 7) is 3.33. The molecule has 3 N–H and O–H groups in total. The molecule has 2 bridgehead atoms. The first kappa shape index (κ1) is 14.6. The predicted octanol–water partition coefficient (Wildman–Crippen LogP) is 1.35. The third-order valence-electron chi connectivity index (χ3n) is 5.51. The normalized spacial score (nSPS) is 37.2. The van der Waals surface area contributed by atoms with Crippen molar-refractivity contribution in [3.05, 3.63) is 0 Å². The van der Waals surface area contributed by atoms with Gasteiger partial charge in [-0.3, -0.25) is 4.79 Å². The highest BCUT2D eigenvalue weighted by Gasteiger charge is 2.51. The van der Waals surface area contributed by atoms with Crippen LogP contribution in [0, 0.1) is 17.8 Å². The molecular weight excluding hydrogens is 272 g/mol. The fourth-order valence-electron chi connectivity index (χ4n) is 4.26. The molecule has 118 valence electrons. The quantitative estimate of drug-likeness (QED) is 0.733. The lowest BCUT2D eigenvalue weighted by Crippen LogP contribution is -2.57. The Bertz CT molecular complexity index is 433. The minimum absolute atomic E-state index is 0.218. The van der Waals surface area contributed by atoms with Crippen LogP contribution in [0.4, 0.5) is 4.79 Å². The van der Waals surface area contributed by atoms with Crippen molar-refractivity contribution in [1.82, 2.24) is 10.6 Å². The summed E-state index contributed by atoms with van der Waals surface area (Å²) in [7, 11) is 0. The Kier molecular flexibility index (Phi) is 3.82. The molecule has 6 heteroatoms. The predicted molar refractivity (Wildman–Crippen MR) is 75.9 cm³/mol. The summed E-state index contributed by atoms with van der Waals surface area (Å²) in [6, 6.07) is -0.451. The molecule has 3 rings (SSSR count). The second-order valence-corrected chi connectivity index (χ2v) is 6.99. The van der Waals surface area contributed by atoms with Gasteiger partial charge in [0, 0.05) is 24.8 Å². The van der Waals surface area contributed by atoms with Gasteiger partial charge in [-0.2, -0.15) is 0 Å². The van der Waals surface area contributed by atoms with Gasteiger partial charge in [0.2, 0.25) is 0 Å². The van der Waals surface area contributed by atoms with E-state index in [1.807, 2.05) is 6.92 Å². The van der Waals surface area contributed by atoms with Crippen molar-refractivity contribution in [2.75, 3.05) is 13.2 Å². The zero-order valence-corrected chi connectivity index (χ0v) is 12.4. The number of ether oxygens (including phenoxy) is 1. The Balaban J connectivity index is 1.60. The van der Waals surface area contributed by atoms with Crippen LogP contribution in [0.3, 0.4) is 0 Å². The number of aliphatic carboxylic acids is 1. The molecular formula is C15H24N2O4. The van der Waals surface area contributed by atoms with Crippen LogP contribution in [-0.2, 0) is 9.53 Å². The number of hydrogen-bond donors (Lipinski definition) is 3. The Hall–Kier alpha value is -1.30. The van der Waals surface area contributed by atoms with E-state index in [1.165, 1.54) is 0 Å². The van der Waals surface area contributed by atoms with Gasteiger partial charge >= 0.3 is 12.0 Å². The van der Waals surface area contributed by atoms with Crippen LogP contribution in [0.1, 0.15) is 39.0 Å². The summed E-state index contributed by atoms with van der Waals surface area (Å²) in [6.07, 6.45) is 4.53. The van der Waals surface area contributed by atoms with Crippen molar-refractivity contribution in [1.29, 1.82) is 0 Å². The largest absolute Gasteiger partial charge is 0.481 e. The Morgan fingerprint density at radius 2 is 1.86 bits per heavy atom. The average Bonchev–Trinajstić information content (AvgIpc) is 2.99. The Morgan fingerprint density at radius 3 is 2.52 bits per heavy atom. The lowest BCUT2D eigenvalue weighted by Gasteiger charge is -2.36. The molecule has 2 amide bonds. The monoisotopic (exact) mass is 296 g/mol. The van der Waals surface area contributed by atoms with E-state index < -0.39 is 11.9 Å². The molecule has 4 atom stereocenters. The van der Waals surface area contributed by atoms with Gasteiger partial charge in [-0.1, -0.05) is 0 Å². The van der Waals surface area contributed by atoms with Crippen molar-refractivity contribution in [2.24, 2.45) is 17.8 Å². The number of rotatable bonds is 3. The first-order chi connectivity index (χ1) is 9.98. The van der Waals surface area contributed by atoms with E-state index in [0.717, 1.165) is 32.1 Å². The minimum atomic E-state index is -0.773. The lowest BCUT2D eigenvalue weighted by molar-refractivity contribution is -0.144. The van der Waals surface area contributed by atoms with Gasteiger partial charge in [-0.15, -0.1) is 0 Å². The molecule has 0 aromatic heterocycles. The van der Waals surface area contributed by atoms with Gasteiger partial charge in [0.25, 0.3) is 0 Å². The van der Waals surface area contributed by atoms with E-state index in [9.17, 15) is 14.7 Å². The summed E-state index contributed by atoms with van der Waals surface area (Å²) in [5.74, 6) is -0.636. The third-order valence-corrected chi connectivity index (χ3v) is 5.51. The van der Waals surface area contributed by atoms with Crippen LogP contribution in [-0.4, -0.2) is 41.9 Å². The fourth-order valence-corrected chi connectivity index (χ4v) is 4.26. The maximum Gasteiger partial charge on any atom is 0.315 e. The highest BCUT2D eigenvalue weighted by molar-refractivity contribution is 5.78. The van der Waals surface area contributed by atoms with Crippen molar-refractivity contribution >= 4 is 12.0 Å². The summed E-state index contributed by atoms with van der Waals surface area (Å²) in [4.78, 5) is 23.7. The van der Waals surface area contributed by atoms with Crippen molar-refractivity contribution in [2.45, 2.75) is 50.6 Å². The first-order valence-electron chi connectivity index (χ1n) is 7.88. The van der Waals surface area contributed by atoms with Crippen LogP contribution in [0.25, 0.3) is 0 Å². The molecule has 1 aliphatic heterocycles. The van der Waals surface area contributed by atoms with E-state index >= 15 is 0 Å². The van der Waals surface area contributed by atoms with E-state index in [-0.39, 0.29) is 23.5 Å². The number of carbonyl (C=O) groups excluding carboxylic acids is 1. The molecule has 3 aliphatic rings. The summed E-state index contributed by atoms with van der Waals surface area (Å²) >= 11 is 0. The molecule has 21 heavy (non-hydrogen) atoms. The fraction of sp³-hybridized carbons (Fsp3) is 0.867. The molecule has 0 radical (unpaired) electrons. The molecule has 2 aliphatic carbocycles. The summed E-state index contributed by atoms with van der Waals surface area (Å²) in [5, 5.41) is 15.4. The second-order valence-electron chi connectivity index (χ2n) is 6.99. The number of nitrogens with one attached hydrogen (secondary N) is 2. The van der Waals surface area contributed by atoms with Crippen LogP contribution >= 0.6 is 0 Å². The third kappa shape index (κ3) is 2.86. The van der Waals surface area contributed by atoms with Crippen molar-refractivity contribution < 1.29 is 19.4 Å². The number of carbonyl (C=O) groups is 2. The SMILES string of the molecule is CC1(NC(=O)NC2C3CCC(C3)C2C(=O)O)CCOCC1. The Labute approximate surface area is 124 Å². The molecule has 3 fully saturated rings. The van der Waals surface area contributed by atoms with Gasteiger partial charge in [-0.25, -0.2) is 4.79 Å². The van der Waals surface area contributed by atoms with Crippen LogP contribution in [0.5, 0.6) is 0 Å². The van der Waals surface area contributed by atoms with Crippen LogP contribution in [0.15, 0.2) is 0 Å². The maximum absolute atomic E-state index is 12.3. The number of carboxylic acids is 1. The topological polar surface area (TPSA) is 87.7 Å². The number of urea groups is 1. The minimum Gasteiger partial charge on any atom is -0.481 e. The lowest BCUT2D eigenvalue weighted by atomic mass is 9.84. The molecule has 0 aromatic carbocycles.